The Morgan fingerprint density at radius 1 is 1.19 bits per heavy atom. The average Bonchev–Trinajstić information content (AvgIpc) is 3.36. The molecule has 1 unspecified atom stereocenters. The first-order valence-corrected chi connectivity index (χ1v) is 9.40. The summed E-state index contributed by atoms with van der Waals surface area (Å²) in [5, 5.41) is 1.92. The molecule has 0 N–H and O–H groups in total. The Kier molecular flexibility index (Phi) is 4.17. The number of hydrogen-bond donors (Lipinski definition) is 0. The number of benzene rings is 1. The van der Waals surface area contributed by atoms with Gasteiger partial charge in [-0.1, -0.05) is 13.0 Å². The molecular weight excluding hydrogens is 326 g/mol. The normalized spacial score (nSPS) is 25.4. The van der Waals surface area contributed by atoms with E-state index in [1.165, 1.54) is 0 Å². The van der Waals surface area contributed by atoms with Crippen LogP contribution in [0.4, 0.5) is 0 Å². The minimum atomic E-state index is 0.0328. The Bertz CT molecular complexity index is 879. The third-order valence-electron chi connectivity index (χ3n) is 5.76. The first kappa shape index (κ1) is 17.0. The molecule has 5 heteroatoms. The fourth-order valence-corrected chi connectivity index (χ4v) is 4.04. The van der Waals surface area contributed by atoms with Crippen molar-refractivity contribution in [2.24, 2.45) is 11.8 Å². The second-order valence-corrected chi connectivity index (χ2v) is 7.86. The van der Waals surface area contributed by atoms with Crippen LogP contribution in [0.2, 0.25) is 0 Å². The SMILES string of the molecule is Cc1cc(C(=O)N2CCN(C(=O)[C@H]3C[C@H]3C)C(C)C2)c2cnccc2c1. The molecule has 2 aromatic rings. The van der Waals surface area contributed by atoms with Crippen LogP contribution in [-0.4, -0.2) is 52.3 Å². The van der Waals surface area contributed by atoms with E-state index in [4.69, 9.17) is 0 Å². The highest BCUT2D eigenvalue weighted by Crippen LogP contribution is 2.39. The molecule has 1 aliphatic carbocycles. The predicted octanol–water partition coefficient (Wildman–Crippen LogP) is 2.87. The lowest BCUT2D eigenvalue weighted by Crippen LogP contribution is -2.55. The van der Waals surface area contributed by atoms with E-state index in [-0.39, 0.29) is 23.8 Å². The van der Waals surface area contributed by atoms with Gasteiger partial charge in [0.05, 0.1) is 0 Å². The van der Waals surface area contributed by atoms with Crippen LogP contribution >= 0.6 is 0 Å². The quantitative estimate of drug-likeness (QED) is 0.836. The van der Waals surface area contributed by atoms with E-state index in [1.807, 2.05) is 35.8 Å². The van der Waals surface area contributed by atoms with Crippen LogP contribution in [0, 0.1) is 18.8 Å². The molecule has 1 aromatic carbocycles. The molecule has 2 heterocycles. The predicted molar refractivity (Wildman–Crippen MR) is 101 cm³/mol. The highest BCUT2D eigenvalue weighted by molar-refractivity contribution is 6.07. The first-order chi connectivity index (χ1) is 12.5. The molecular formula is C21H25N3O2. The van der Waals surface area contributed by atoms with E-state index in [0.29, 0.717) is 31.1 Å². The molecule has 2 fully saturated rings. The maximum atomic E-state index is 13.2. The van der Waals surface area contributed by atoms with Gasteiger partial charge < -0.3 is 9.80 Å². The van der Waals surface area contributed by atoms with Crippen molar-refractivity contribution in [3.63, 3.8) is 0 Å². The van der Waals surface area contributed by atoms with Crippen molar-refractivity contribution in [1.29, 1.82) is 0 Å². The first-order valence-electron chi connectivity index (χ1n) is 9.40. The molecule has 2 amide bonds. The summed E-state index contributed by atoms with van der Waals surface area (Å²) < 4.78 is 0. The summed E-state index contributed by atoms with van der Waals surface area (Å²) in [7, 11) is 0. The van der Waals surface area contributed by atoms with E-state index in [2.05, 4.69) is 18.0 Å². The van der Waals surface area contributed by atoms with Crippen molar-refractivity contribution >= 4 is 22.6 Å². The summed E-state index contributed by atoms with van der Waals surface area (Å²) in [6.45, 7) is 7.97. The van der Waals surface area contributed by atoms with Gasteiger partial charge in [-0.3, -0.25) is 14.6 Å². The molecule has 0 radical (unpaired) electrons. The van der Waals surface area contributed by atoms with Gasteiger partial charge in [0.2, 0.25) is 5.91 Å². The maximum Gasteiger partial charge on any atom is 0.254 e. The van der Waals surface area contributed by atoms with Gasteiger partial charge in [-0.05, 0) is 49.3 Å². The number of amides is 2. The zero-order valence-corrected chi connectivity index (χ0v) is 15.6. The number of piperazine rings is 1. The van der Waals surface area contributed by atoms with Gasteiger partial charge in [-0.25, -0.2) is 0 Å². The fraction of sp³-hybridized carbons (Fsp3) is 0.476. The number of hydrogen-bond acceptors (Lipinski definition) is 3. The topological polar surface area (TPSA) is 53.5 Å². The molecule has 1 saturated heterocycles. The summed E-state index contributed by atoms with van der Waals surface area (Å²) >= 11 is 0. The van der Waals surface area contributed by atoms with Crippen LogP contribution < -0.4 is 0 Å². The van der Waals surface area contributed by atoms with Crippen LogP contribution in [-0.2, 0) is 4.79 Å². The Morgan fingerprint density at radius 2 is 1.96 bits per heavy atom. The molecule has 0 spiro atoms. The number of aromatic nitrogens is 1. The van der Waals surface area contributed by atoms with E-state index >= 15 is 0 Å². The number of pyridine rings is 1. The number of rotatable bonds is 2. The number of aryl methyl sites for hydroxylation is 1. The lowest BCUT2D eigenvalue weighted by atomic mass is 10.0. The highest BCUT2D eigenvalue weighted by Gasteiger charge is 2.43. The summed E-state index contributed by atoms with van der Waals surface area (Å²) in [6.07, 6.45) is 4.52. The molecule has 1 aliphatic heterocycles. The van der Waals surface area contributed by atoms with Gasteiger partial charge in [0.15, 0.2) is 0 Å². The van der Waals surface area contributed by atoms with Crippen molar-refractivity contribution in [2.75, 3.05) is 19.6 Å². The molecule has 1 aromatic heterocycles. The number of fused-ring (bicyclic) bond motifs is 1. The molecule has 4 rings (SSSR count). The third-order valence-corrected chi connectivity index (χ3v) is 5.76. The Hall–Kier alpha value is -2.43. The van der Waals surface area contributed by atoms with Gasteiger partial charge in [-0.2, -0.15) is 0 Å². The summed E-state index contributed by atoms with van der Waals surface area (Å²) in [5.41, 5.74) is 1.77. The van der Waals surface area contributed by atoms with Gasteiger partial charge in [0.25, 0.3) is 5.91 Å². The third kappa shape index (κ3) is 2.96. The van der Waals surface area contributed by atoms with E-state index in [1.54, 1.807) is 12.4 Å². The Balaban J connectivity index is 1.54. The monoisotopic (exact) mass is 351 g/mol. The van der Waals surface area contributed by atoms with Gasteiger partial charge in [-0.15, -0.1) is 0 Å². The molecule has 0 bridgehead atoms. The van der Waals surface area contributed by atoms with E-state index in [9.17, 15) is 9.59 Å². The highest BCUT2D eigenvalue weighted by atomic mass is 16.2. The lowest BCUT2D eigenvalue weighted by molar-refractivity contribution is -0.136. The molecule has 1 saturated carbocycles. The van der Waals surface area contributed by atoms with Crippen molar-refractivity contribution in [1.82, 2.24) is 14.8 Å². The zero-order chi connectivity index (χ0) is 18.4. The zero-order valence-electron chi connectivity index (χ0n) is 15.6. The second-order valence-electron chi connectivity index (χ2n) is 7.86. The van der Waals surface area contributed by atoms with Crippen molar-refractivity contribution in [3.05, 3.63) is 41.7 Å². The minimum absolute atomic E-state index is 0.0328. The molecule has 136 valence electrons. The maximum absolute atomic E-state index is 13.2. The summed E-state index contributed by atoms with van der Waals surface area (Å²) in [6, 6.07) is 6.02. The summed E-state index contributed by atoms with van der Waals surface area (Å²) in [4.78, 5) is 33.8. The standard InChI is InChI=1S/C21H25N3O2/c1-13-8-16-4-5-22-11-19(16)18(9-13)20(25)23-6-7-24(15(3)12-23)21(26)17-10-14(17)2/h4-5,8-9,11,14-15,17H,6-7,10,12H2,1-3H3/t14-,15?,17+/m1/s1. The van der Waals surface area contributed by atoms with Crippen LogP contribution in [0.1, 0.15) is 36.2 Å². The smallest absolute Gasteiger partial charge is 0.254 e. The fourth-order valence-electron chi connectivity index (χ4n) is 4.04. The van der Waals surface area contributed by atoms with Crippen molar-refractivity contribution < 1.29 is 9.59 Å². The van der Waals surface area contributed by atoms with Gasteiger partial charge >= 0.3 is 0 Å². The second kappa shape index (κ2) is 6.38. The number of carbonyl (C=O) groups excluding carboxylic acids is 2. The minimum Gasteiger partial charge on any atom is -0.336 e. The van der Waals surface area contributed by atoms with Crippen LogP contribution in [0.15, 0.2) is 30.6 Å². The largest absolute Gasteiger partial charge is 0.336 e. The Labute approximate surface area is 154 Å². The average molecular weight is 351 g/mol. The molecule has 3 atom stereocenters. The van der Waals surface area contributed by atoms with Crippen molar-refractivity contribution in [3.8, 4) is 0 Å². The van der Waals surface area contributed by atoms with Crippen LogP contribution in [0.5, 0.6) is 0 Å². The van der Waals surface area contributed by atoms with Crippen LogP contribution in [0.25, 0.3) is 10.8 Å². The van der Waals surface area contributed by atoms with Gasteiger partial charge in [0, 0.05) is 54.9 Å². The molecule has 5 nitrogen and oxygen atoms in total. The lowest BCUT2D eigenvalue weighted by Gasteiger charge is -2.40. The molecule has 26 heavy (non-hydrogen) atoms. The molecule has 2 aliphatic rings. The van der Waals surface area contributed by atoms with E-state index < -0.39 is 0 Å². The number of nitrogens with zero attached hydrogens (tertiary/aromatic N) is 3. The van der Waals surface area contributed by atoms with Crippen molar-refractivity contribution in [2.45, 2.75) is 33.2 Å². The Morgan fingerprint density at radius 3 is 2.65 bits per heavy atom. The van der Waals surface area contributed by atoms with Gasteiger partial charge in [0.1, 0.15) is 0 Å². The van der Waals surface area contributed by atoms with Crippen LogP contribution in [0.3, 0.4) is 0 Å². The van der Waals surface area contributed by atoms with E-state index in [0.717, 1.165) is 22.8 Å². The summed E-state index contributed by atoms with van der Waals surface area (Å²) in [5.74, 6) is 1.01. The number of carbonyl (C=O) groups is 2.